The molecule has 1 aliphatic heterocycles. The van der Waals surface area contributed by atoms with Crippen LogP contribution >= 0.6 is 0 Å². The lowest BCUT2D eigenvalue weighted by Gasteiger charge is -2.17. The quantitative estimate of drug-likeness (QED) is 0.657. The van der Waals surface area contributed by atoms with Gasteiger partial charge in [-0.1, -0.05) is 6.42 Å². The molecule has 4 nitrogen and oxygen atoms in total. The average molecular weight is 198 g/mol. The lowest BCUT2D eigenvalue weighted by atomic mass is 10.0. The molecule has 0 bridgehead atoms. The summed E-state index contributed by atoms with van der Waals surface area (Å²) in [5.41, 5.74) is 5.86. The van der Waals surface area contributed by atoms with Crippen LogP contribution in [0.2, 0.25) is 0 Å². The number of ether oxygens (including phenoxy) is 1. The van der Waals surface area contributed by atoms with Gasteiger partial charge in [0.2, 0.25) is 5.91 Å². The van der Waals surface area contributed by atoms with Crippen molar-refractivity contribution in [3.8, 4) is 0 Å². The fourth-order valence-electron chi connectivity index (χ4n) is 2.27. The summed E-state index contributed by atoms with van der Waals surface area (Å²) < 4.78 is 5.20. The summed E-state index contributed by atoms with van der Waals surface area (Å²) in [5.74, 6) is 0.168. The van der Waals surface area contributed by atoms with Gasteiger partial charge in [0.05, 0.1) is 18.6 Å². The highest BCUT2D eigenvalue weighted by atomic mass is 16.5. The summed E-state index contributed by atoms with van der Waals surface area (Å²) in [6.07, 6.45) is 3.95. The van der Waals surface area contributed by atoms with Crippen molar-refractivity contribution >= 4 is 5.91 Å². The number of hydrogen-bond acceptors (Lipinski definition) is 3. The van der Waals surface area contributed by atoms with Crippen LogP contribution in [-0.2, 0) is 9.53 Å². The number of nitrogens with one attached hydrogen (secondary N) is 1. The standard InChI is InChI=1S/C10H18N2O2/c11-9-3-1-2-8(9)10(13)12-7-4-5-14-6-7/h7-9H,1-6,11H2,(H,12,13). The van der Waals surface area contributed by atoms with E-state index in [9.17, 15) is 4.79 Å². The monoisotopic (exact) mass is 198 g/mol. The van der Waals surface area contributed by atoms with Gasteiger partial charge < -0.3 is 15.8 Å². The van der Waals surface area contributed by atoms with E-state index in [2.05, 4.69) is 5.32 Å². The van der Waals surface area contributed by atoms with Crippen LogP contribution in [0.1, 0.15) is 25.7 Å². The Labute approximate surface area is 84.2 Å². The molecule has 0 aromatic carbocycles. The van der Waals surface area contributed by atoms with E-state index in [-0.39, 0.29) is 23.9 Å². The van der Waals surface area contributed by atoms with E-state index in [0.29, 0.717) is 6.61 Å². The van der Waals surface area contributed by atoms with Gasteiger partial charge in [-0.05, 0) is 19.3 Å². The van der Waals surface area contributed by atoms with Crippen molar-refractivity contribution in [2.45, 2.75) is 37.8 Å². The summed E-state index contributed by atoms with van der Waals surface area (Å²) >= 11 is 0. The van der Waals surface area contributed by atoms with Crippen molar-refractivity contribution < 1.29 is 9.53 Å². The van der Waals surface area contributed by atoms with Crippen LogP contribution in [-0.4, -0.2) is 31.2 Å². The third-order valence-corrected chi connectivity index (χ3v) is 3.18. The summed E-state index contributed by atoms with van der Waals surface area (Å²) in [4.78, 5) is 11.8. The Bertz CT molecular complexity index is 214. The first-order valence-corrected chi connectivity index (χ1v) is 5.41. The molecule has 2 aliphatic rings. The molecule has 1 saturated carbocycles. The van der Waals surface area contributed by atoms with E-state index in [1.165, 1.54) is 0 Å². The summed E-state index contributed by atoms with van der Waals surface area (Å²) in [5, 5.41) is 3.01. The van der Waals surface area contributed by atoms with E-state index in [0.717, 1.165) is 32.3 Å². The van der Waals surface area contributed by atoms with E-state index in [1.807, 2.05) is 0 Å². The van der Waals surface area contributed by atoms with Crippen molar-refractivity contribution in [2.75, 3.05) is 13.2 Å². The SMILES string of the molecule is NC1CCCC1C(=O)NC1CCOC1. The molecule has 4 heteroatoms. The minimum absolute atomic E-state index is 0.0376. The van der Waals surface area contributed by atoms with E-state index < -0.39 is 0 Å². The van der Waals surface area contributed by atoms with Gasteiger partial charge in [0.25, 0.3) is 0 Å². The van der Waals surface area contributed by atoms with E-state index in [4.69, 9.17) is 10.5 Å². The zero-order valence-electron chi connectivity index (χ0n) is 8.37. The average Bonchev–Trinajstić information content (AvgIpc) is 2.75. The molecule has 2 rings (SSSR count). The molecular formula is C10H18N2O2. The predicted octanol–water partition coefficient (Wildman–Crippen LogP) is 0.0189. The van der Waals surface area contributed by atoms with Crippen LogP contribution in [0.5, 0.6) is 0 Å². The molecule has 1 amide bonds. The maximum absolute atomic E-state index is 11.8. The second kappa shape index (κ2) is 4.28. The Hall–Kier alpha value is -0.610. The van der Waals surface area contributed by atoms with Crippen LogP contribution in [0.25, 0.3) is 0 Å². The Morgan fingerprint density at radius 1 is 1.36 bits per heavy atom. The van der Waals surface area contributed by atoms with E-state index >= 15 is 0 Å². The van der Waals surface area contributed by atoms with Gasteiger partial charge >= 0.3 is 0 Å². The van der Waals surface area contributed by atoms with Crippen LogP contribution in [0.15, 0.2) is 0 Å². The molecule has 1 saturated heterocycles. The second-order valence-electron chi connectivity index (χ2n) is 4.27. The highest BCUT2D eigenvalue weighted by Crippen LogP contribution is 2.24. The minimum Gasteiger partial charge on any atom is -0.379 e. The number of hydrogen-bond donors (Lipinski definition) is 2. The number of rotatable bonds is 2. The molecule has 80 valence electrons. The molecule has 0 aromatic heterocycles. The van der Waals surface area contributed by atoms with Crippen LogP contribution in [0.4, 0.5) is 0 Å². The molecule has 3 N–H and O–H groups in total. The molecule has 0 aromatic rings. The first-order valence-electron chi connectivity index (χ1n) is 5.41. The fourth-order valence-corrected chi connectivity index (χ4v) is 2.27. The lowest BCUT2D eigenvalue weighted by Crippen LogP contribution is -2.43. The molecule has 1 heterocycles. The Morgan fingerprint density at radius 2 is 2.21 bits per heavy atom. The van der Waals surface area contributed by atoms with Crippen molar-refractivity contribution in [2.24, 2.45) is 11.7 Å². The van der Waals surface area contributed by atoms with Crippen molar-refractivity contribution in [3.05, 3.63) is 0 Å². The van der Waals surface area contributed by atoms with Gasteiger partial charge in [-0.2, -0.15) is 0 Å². The minimum atomic E-state index is 0.0376. The maximum Gasteiger partial charge on any atom is 0.224 e. The zero-order valence-corrected chi connectivity index (χ0v) is 8.37. The van der Waals surface area contributed by atoms with E-state index in [1.54, 1.807) is 0 Å². The zero-order chi connectivity index (χ0) is 9.97. The second-order valence-corrected chi connectivity index (χ2v) is 4.27. The third kappa shape index (κ3) is 2.07. The van der Waals surface area contributed by atoms with Gasteiger partial charge in [-0.25, -0.2) is 0 Å². The van der Waals surface area contributed by atoms with Crippen molar-refractivity contribution in [1.82, 2.24) is 5.32 Å². The normalized spacial score (nSPS) is 37.4. The first-order chi connectivity index (χ1) is 6.77. The number of amides is 1. The lowest BCUT2D eigenvalue weighted by molar-refractivity contribution is -0.125. The number of carbonyl (C=O) groups is 1. The van der Waals surface area contributed by atoms with Gasteiger partial charge in [0.1, 0.15) is 0 Å². The summed E-state index contributed by atoms with van der Waals surface area (Å²) in [6.45, 7) is 1.43. The molecule has 3 atom stereocenters. The molecule has 0 radical (unpaired) electrons. The Morgan fingerprint density at radius 3 is 2.79 bits per heavy atom. The number of carbonyl (C=O) groups excluding carboxylic acids is 1. The van der Waals surface area contributed by atoms with Gasteiger partial charge in [-0.15, -0.1) is 0 Å². The largest absolute Gasteiger partial charge is 0.379 e. The summed E-state index contributed by atoms with van der Waals surface area (Å²) in [7, 11) is 0. The molecular weight excluding hydrogens is 180 g/mol. The predicted molar refractivity (Wildman–Crippen MR) is 52.7 cm³/mol. The topological polar surface area (TPSA) is 64.4 Å². The molecule has 0 spiro atoms. The highest BCUT2D eigenvalue weighted by molar-refractivity contribution is 5.80. The van der Waals surface area contributed by atoms with Crippen LogP contribution < -0.4 is 11.1 Å². The van der Waals surface area contributed by atoms with Crippen LogP contribution in [0, 0.1) is 5.92 Å². The molecule has 3 unspecified atom stereocenters. The Balaban J connectivity index is 1.82. The maximum atomic E-state index is 11.8. The van der Waals surface area contributed by atoms with Crippen molar-refractivity contribution in [1.29, 1.82) is 0 Å². The molecule has 14 heavy (non-hydrogen) atoms. The smallest absolute Gasteiger partial charge is 0.224 e. The summed E-state index contributed by atoms with van der Waals surface area (Å²) in [6, 6.07) is 0.285. The Kier molecular flexibility index (Phi) is 3.03. The highest BCUT2D eigenvalue weighted by Gasteiger charge is 2.31. The number of nitrogens with two attached hydrogens (primary N) is 1. The molecule has 1 aliphatic carbocycles. The van der Waals surface area contributed by atoms with Gasteiger partial charge in [0, 0.05) is 12.6 Å². The van der Waals surface area contributed by atoms with Crippen LogP contribution in [0.3, 0.4) is 0 Å². The first kappa shape index (κ1) is 9.93. The molecule has 2 fully saturated rings. The van der Waals surface area contributed by atoms with Crippen molar-refractivity contribution in [3.63, 3.8) is 0 Å². The fraction of sp³-hybridized carbons (Fsp3) is 0.900. The third-order valence-electron chi connectivity index (χ3n) is 3.18. The van der Waals surface area contributed by atoms with Gasteiger partial charge in [0.15, 0.2) is 0 Å². The van der Waals surface area contributed by atoms with Gasteiger partial charge in [-0.3, -0.25) is 4.79 Å².